The Balaban J connectivity index is 1.73. The number of aliphatic carboxylic acids is 1. The van der Waals surface area contributed by atoms with Crippen LogP contribution in [0.2, 0.25) is 0 Å². The third-order valence-electron chi connectivity index (χ3n) is 3.41. The van der Waals surface area contributed by atoms with Gasteiger partial charge in [0.15, 0.2) is 5.82 Å². The monoisotopic (exact) mass is 281 g/mol. The largest absolute Gasteiger partial charge is 0.481 e. The van der Waals surface area contributed by atoms with Crippen LogP contribution in [0.3, 0.4) is 0 Å². The van der Waals surface area contributed by atoms with Crippen molar-refractivity contribution in [2.45, 2.75) is 25.8 Å². The molecule has 110 valence electrons. The number of hydrogen-bond acceptors (Lipinski definition) is 4. The molecule has 0 saturated carbocycles. The number of aryl methyl sites for hydroxylation is 1. The lowest BCUT2D eigenvalue weighted by Crippen LogP contribution is -2.44. The standard InChI is InChI=1S/C12H19N5O3/c1-16-8-14-10(15-16)7-13-12(20)17-4-2-9(3-5-17)6-11(18)19/h8-9H,2-7H2,1H3,(H,13,20)(H,18,19). The number of hydrogen-bond donors (Lipinski definition) is 2. The number of carboxylic acids is 1. The summed E-state index contributed by atoms with van der Waals surface area (Å²) in [6, 6.07) is -0.147. The summed E-state index contributed by atoms with van der Waals surface area (Å²) in [5.74, 6) is -0.0234. The van der Waals surface area contributed by atoms with Gasteiger partial charge in [0, 0.05) is 26.6 Å². The Hall–Kier alpha value is -2.12. The SMILES string of the molecule is Cn1cnc(CNC(=O)N2CCC(CC(=O)O)CC2)n1. The molecule has 1 aromatic heterocycles. The zero-order valence-corrected chi connectivity index (χ0v) is 11.4. The molecular formula is C12H19N5O3. The fourth-order valence-corrected chi connectivity index (χ4v) is 2.32. The van der Waals surface area contributed by atoms with E-state index < -0.39 is 5.97 Å². The van der Waals surface area contributed by atoms with Gasteiger partial charge in [-0.3, -0.25) is 9.48 Å². The first-order chi connectivity index (χ1) is 9.54. The number of nitrogens with zero attached hydrogens (tertiary/aromatic N) is 4. The highest BCUT2D eigenvalue weighted by Gasteiger charge is 2.24. The Morgan fingerprint density at radius 2 is 2.15 bits per heavy atom. The van der Waals surface area contributed by atoms with Crippen LogP contribution in [-0.2, 0) is 18.4 Å². The van der Waals surface area contributed by atoms with Crippen LogP contribution in [-0.4, -0.2) is 49.9 Å². The summed E-state index contributed by atoms with van der Waals surface area (Å²) >= 11 is 0. The van der Waals surface area contributed by atoms with E-state index in [2.05, 4.69) is 15.4 Å². The summed E-state index contributed by atoms with van der Waals surface area (Å²) in [5, 5.41) is 15.6. The van der Waals surface area contributed by atoms with E-state index >= 15 is 0 Å². The number of nitrogens with one attached hydrogen (secondary N) is 1. The fourth-order valence-electron chi connectivity index (χ4n) is 2.32. The van der Waals surface area contributed by atoms with E-state index in [1.54, 1.807) is 23.0 Å². The van der Waals surface area contributed by atoms with Crippen LogP contribution in [0.1, 0.15) is 25.1 Å². The van der Waals surface area contributed by atoms with Crippen molar-refractivity contribution in [3.05, 3.63) is 12.2 Å². The molecule has 2 rings (SSSR count). The first-order valence-corrected chi connectivity index (χ1v) is 6.63. The lowest BCUT2D eigenvalue weighted by Gasteiger charge is -2.31. The Morgan fingerprint density at radius 1 is 1.45 bits per heavy atom. The average molecular weight is 281 g/mol. The molecule has 2 amide bonds. The first-order valence-electron chi connectivity index (χ1n) is 6.63. The maximum Gasteiger partial charge on any atom is 0.317 e. The van der Waals surface area contributed by atoms with Gasteiger partial charge in [0.05, 0.1) is 6.54 Å². The molecule has 1 saturated heterocycles. The molecule has 0 aromatic carbocycles. The fraction of sp³-hybridized carbons (Fsp3) is 0.667. The summed E-state index contributed by atoms with van der Waals surface area (Å²) in [5.41, 5.74) is 0. The number of amides is 2. The number of aromatic nitrogens is 3. The van der Waals surface area contributed by atoms with Gasteiger partial charge < -0.3 is 15.3 Å². The van der Waals surface area contributed by atoms with Crippen LogP contribution < -0.4 is 5.32 Å². The molecule has 0 atom stereocenters. The molecule has 0 unspecified atom stereocenters. The number of urea groups is 1. The molecular weight excluding hydrogens is 262 g/mol. The Labute approximate surface area is 116 Å². The van der Waals surface area contributed by atoms with E-state index in [0.29, 0.717) is 25.5 Å². The van der Waals surface area contributed by atoms with Gasteiger partial charge in [-0.2, -0.15) is 5.10 Å². The van der Waals surface area contributed by atoms with Gasteiger partial charge in [0.1, 0.15) is 6.33 Å². The van der Waals surface area contributed by atoms with Gasteiger partial charge in [-0.1, -0.05) is 0 Å². The number of carboxylic acid groups (broad SMARTS) is 1. The van der Waals surface area contributed by atoms with Crippen LogP contribution in [0.4, 0.5) is 4.79 Å². The van der Waals surface area contributed by atoms with E-state index in [1.165, 1.54) is 0 Å². The van der Waals surface area contributed by atoms with Crippen LogP contribution in [0.25, 0.3) is 0 Å². The van der Waals surface area contributed by atoms with E-state index in [-0.39, 0.29) is 18.4 Å². The third kappa shape index (κ3) is 3.94. The van der Waals surface area contributed by atoms with E-state index in [1.807, 2.05) is 0 Å². The van der Waals surface area contributed by atoms with E-state index in [4.69, 9.17) is 5.11 Å². The van der Waals surface area contributed by atoms with Crippen LogP contribution in [0.5, 0.6) is 0 Å². The van der Waals surface area contributed by atoms with Crippen molar-refractivity contribution < 1.29 is 14.7 Å². The second-order valence-electron chi connectivity index (χ2n) is 5.02. The zero-order chi connectivity index (χ0) is 14.5. The van der Waals surface area contributed by atoms with Crippen molar-refractivity contribution in [2.24, 2.45) is 13.0 Å². The number of likely N-dealkylation sites (tertiary alicyclic amines) is 1. The zero-order valence-electron chi connectivity index (χ0n) is 11.4. The molecule has 20 heavy (non-hydrogen) atoms. The lowest BCUT2D eigenvalue weighted by atomic mass is 9.94. The lowest BCUT2D eigenvalue weighted by molar-refractivity contribution is -0.138. The van der Waals surface area contributed by atoms with Crippen molar-refractivity contribution in [1.82, 2.24) is 25.0 Å². The molecule has 1 fully saturated rings. The summed E-state index contributed by atoms with van der Waals surface area (Å²) < 4.78 is 1.58. The van der Waals surface area contributed by atoms with Gasteiger partial charge in [-0.25, -0.2) is 9.78 Å². The van der Waals surface area contributed by atoms with Gasteiger partial charge >= 0.3 is 12.0 Å². The van der Waals surface area contributed by atoms with Crippen molar-refractivity contribution in [2.75, 3.05) is 13.1 Å². The van der Waals surface area contributed by atoms with E-state index in [9.17, 15) is 9.59 Å². The summed E-state index contributed by atoms with van der Waals surface area (Å²) in [4.78, 5) is 28.3. The highest BCUT2D eigenvalue weighted by molar-refractivity contribution is 5.74. The highest BCUT2D eigenvalue weighted by atomic mass is 16.4. The summed E-state index contributed by atoms with van der Waals surface area (Å²) in [7, 11) is 1.77. The van der Waals surface area contributed by atoms with Crippen molar-refractivity contribution in [3.63, 3.8) is 0 Å². The minimum atomic E-state index is -0.769. The first kappa shape index (κ1) is 14.3. The predicted molar refractivity (Wildman–Crippen MR) is 69.8 cm³/mol. The number of carbonyl (C=O) groups excluding carboxylic acids is 1. The van der Waals surface area contributed by atoms with Gasteiger partial charge in [-0.05, 0) is 18.8 Å². The Kier molecular flexibility index (Phi) is 4.54. The number of carbonyl (C=O) groups is 2. The molecule has 1 aliphatic heterocycles. The minimum Gasteiger partial charge on any atom is -0.481 e. The Morgan fingerprint density at radius 3 is 2.70 bits per heavy atom. The molecule has 0 spiro atoms. The molecule has 8 nitrogen and oxygen atoms in total. The summed E-state index contributed by atoms with van der Waals surface area (Å²) in [6.45, 7) is 1.49. The normalized spacial score (nSPS) is 16.1. The van der Waals surface area contributed by atoms with Crippen LogP contribution in [0.15, 0.2) is 6.33 Å². The third-order valence-corrected chi connectivity index (χ3v) is 3.41. The second-order valence-corrected chi connectivity index (χ2v) is 5.02. The smallest absolute Gasteiger partial charge is 0.317 e. The number of rotatable bonds is 4. The predicted octanol–water partition coefficient (Wildman–Crippen LogP) is 0.211. The molecule has 1 aliphatic rings. The quantitative estimate of drug-likeness (QED) is 0.821. The number of piperidine rings is 1. The molecule has 2 heterocycles. The average Bonchev–Trinajstić information content (AvgIpc) is 2.82. The second kappa shape index (κ2) is 6.36. The van der Waals surface area contributed by atoms with Crippen LogP contribution in [0, 0.1) is 5.92 Å². The molecule has 8 heteroatoms. The maximum absolute atomic E-state index is 11.9. The molecule has 2 N–H and O–H groups in total. The van der Waals surface area contributed by atoms with E-state index in [0.717, 1.165) is 12.8 Å². The minimum absolute atomic E-state index is 0.147. The van der Waals surface area contributed by atoms with Crippen molar-refractivity contribution in [1.29, 1.82) is 0 Å². The maximum atomic E-state index is 11.9. The summed E-state index contributed by atoms with van der Waals surface area (Å²) in [6.07, 6.45) is 3.25. The Bertz CT molecular complexity index is 479. The molecule has 0 radical (unpaired) electrons. The van der Waals surface area contributed by atoms with Crippen molar-refractivity contribution in [3.8, 4) is 0 Å². The molecule has 0 aliphatic carbocycles. The van der Waals surface area contributed by atoms with Crippen LogP contribution >= 0.6 is 0 Å². The van der Waals surface area contributed by atoms with Crippen molar-refractivity contribution >= 4 is 12.0 Å². The van der Waals surface area contributed by atoms with Gasteiger partial charge in [-0.15, -0.1) is 0 Å². The topological polar surface area (TPSA) is 100 Å². The van der Waals surface area contributed by atoms with Gasteiger partial charge in [0.25, 0.3) is 0 Å². The highest BCUT2D eigenvalue weighted by Crippen LogP contribution is 2.20. The molecule has 0 bridgehead atoms. The van der Waals surface area contributed by atoms with Gasteiger partial charge in [0.2, 0.25) is 0 Å². The molecule has 1 aromatic rings.